The van der Waals surface area contributed by atoms with E-state index in [1.807, 2.05) is 48.5 Å². The molecule has 0 saturated carbocycles. The number of benzene rings is 2. The van der Waals surface area contributed by atoms with E-state index in [-0.39, 0.29) is 0 Å². The first-order chi connectivity index (χ1) is 10.2. The van der Waals surface area contributed by atoms with E-state index in [9.17, 15) is 0 Å². The summed E-state index contributed by atoms with van der Waals surface area (Å²) < 4.78 is 0. The number of hydrogen-bond donors (Lipinski definition) is 1. The molecule has 3 aromatic rings. The molecule has 4 heteroatoms. The second-order valence-corrected chi connectivity index (χ2v) is 5.56. The van der Waals surface area contributed by atoms with Gasteiger partial charge >= 0.3 is 0 Å². The zero-order chi connectivity index (χ0) is 14.7. The van der Waals surface area contributed by atoms with Crippen molar-refractivity contribution in [2.24, 2.45) is 0 Å². The van der Waals surface area contributed by atoms with Crippen LogP contribution in [0, 0.1) is 0 Å². The van der Waals surface area contributed by atoms with Crippen LogP contribution in [0.25, 0.3) is 10.9 Å². The van der Waals surface area contributed by atoms with E-state index in [0.717, 1.165) is 28.3 Å². The Morgan fingerprint density at radius 3 is 2.76 bits per heavy atom. The number of aromatic nitrogens is 2. The fourth-order valence-corrected chi connectivity index (χ4v) is 2.46. The van der Waals surface area contributed by atoms with Crippen LogP contribution < -0.4 is 5.32 Å². The molecule has 0 fully saturated rings. The van der Waals surface area contributed by atoms with Gasteiger partial charge in [0.1, 0.15) is 5.82 Å². The monoisotopic (exact) mass is 297 g/mol. The van der Waals surface area contributed by atoms with Crippen LogP contribution in [0.5, 0.6) is 0 Å². The molecule has 0 aliphatic carbocycles. The van der Waals surface area contributed by atoms with Gasteiger partial charge in [0.05, 0.1) is 5.52 Å². The lowest BCUT2D eigenvalue weighted by molar-refractivity contribution is 0.799. The molecule has 1 unspecified atom stereocenters. The van der Waals surface area contributed by atoms with E-state index < -0.39 is 0 Å². The van der Waals surface area contributed by atoms with Gasteiger partial charge in [0, 0.05) is 17.0 Å². The van der Waals surface area contributed by atoms with Gasteiger partial charge in [-0.3, -0.25) is 0 Å². The standard InChI is InChI=1S/C17H16ClN3/c1-12(13-6-4-7-15(18)9-13)11-19-17-10-14-5-2-3-8-16(14)20-21-17/h2-10,12H,11H2,1H3,(H,19,21). The maximum Gasteiger partial charge on any atom is 0.149 e. The van der Waals surface area contributed by atoms with Crippen LogP contribution in [0.15, 0.2) is 54.6 Å². The molecule has 3 rings (SSSR count). The van der Waals surface area contributed by atoms with E-state index >= 15 is 0 Å². The zero-order valence-electron chi connectivity index (χ0n) is 11.8. The van der Waals surface area contributed by atoms with Gasteiger partial charge in [-0.25, -0.2) is 0 Å². The fourth-order valence-electron chi connectivity index (χ4n) is 2.26. The first kappa shape index (κ1) is 13.8. The third-order valence-corrected chi connectivity index (χ3v) is 3.74. The number of halogens is 1. The van der Waals surface area contributed by atoms with E-state index in [1.165, 1.54) is 5.56 Å². The summed E-state index contributed by atoms with van der Waals surface area (Å²) in [6.45, 7) is 2.94. The molecule has 0 bridgehead atoms. The van der Waals surface area contributed by atoms with Crippen molar-refractivity contribution in [3.05, 3.63) is 65.2 Å². The van der Waals surface area contributed by atoms with Crippen molar-refractivity contribution in [1.82, 2.24) is 10.2 Å². The normalized spacial score (nSPS) is 12.3. The molecule has 21 heavy (non-hydrogen) atoms. The van der Waals surface area contributed by atoms with Crippen LogP contribution in [0.2, 0.25) is 5.02 Å². The van der Waals surface area contributed by atoms with Gasteiger partial charge in [0.15, 0.2) is 0 Å². The minimum absolute atomic E-state index is 0.344. The smallest absolute Gasteiger partial charge is 0.149 e. The van der Waals surface area contributed by atoms with Crippen molar-refractivity contribution in [2.45, 2.75) is 12.8 Å². The molecule has 0 saturated heterocycles. The third kappa shape index (κ3) is 3.31. The average molecular weight is 298 g/mol. The predicted octanol–water partition coefficient (Wildman–Crippen LogP) is 4.50. The lowest BCUT2D eigenvalue weighted by Gasteiger charge is -2.13. The number of fused-ring (bicyclic) bond motifs is 1. The maximum absolute atomic E-state index is 6.03. The molecule has 1 atom stereocenters. The number of nitrogens with zero attached hydrogens (tertiary/aromatic N) is 2. The molecule has 0 amide bonds. The van der Waals surface area contributed by atoms with Gasteiger partial charge in [-0.05, 0) is 35.7 Å². The number of nitrogens with one attached hydrogen (secondary N) is 1. The highest BCUT2D eigenvalue weighted by molar-refractivity contribution is 6.30. The van der Waals surface area contributed by atoms with Crippen molar-refractivity contribution in [1.29, 1.82) is 0 Å². The summed E-state index contributed by atoms with van der Waals surface area (Å²) >= 11 is 6.03. The molecular weight excluding hydrogens is 282 g/mol. The van der Waals surface area contributed by atoms with Crippen LogP contribution in [0.1, 0.15) is 18.4 Å². The molecule has 0 aliphatic heterocycles. The highest BCUT2D eigenvalue weighted by Gasteiger charge is 2.07. The van der Waals surface area contributed by atoms with Crippen LogP contribution in [-0.4, -0.2) is 16.7 Å². The summed E-state index contributed by atoms with van der Waals surface area (Å²) in [6.07, 6.45) is 0. The second kappa shape index (κ2) is 6.10. The molecule has 1 heterocycles. The van der Waals surface area contributed by atoms with Gasteiger partial charge in [-0.1, -0.05) is 48.9 Å². The fraction of sp³-hybridized carbons (Fsp3) is 0.176. The van der Waals surface area contributed by atoms with Gasteiger partial charge in [-0.15, -0.1) is 10.2 Å². The summed E-state index contributed by atoms with van der Waals surface area (Å²) in [4.78, 5) is 0. The van der Waals surface area contributed by atoms with Crippen molar-refractivity contribution in [3.8, 4) is 0 Å². The highest BCUT2D eigenvalue weighted by atomic mass is 35.5. The molecule has 3 nitrogen and oxygen atoms in total. The van der Waals surface area contributed by atoms with Crippen molar-refractivity contribution in [3.63, 3.8) is 0 Å². The largest absolute Gasteiger partial charge is 0.368 e. The molecule has 0 aliphatic rings. The topological polar surface area (TPSA) is 37.8 Å². The Balaban J connectivity index is 1.71. The summed E-state index contributed by atoms with van der Waals surface area (Å²) in [5.41, 5.74) is 2.12. The lowest BCUT2D eigenvalue weighted by atomic mass is 10.0. The average Bonchev–Trinajstić information content (AvgIpc) is 2.52. The predicted molar refractivity (Wildman–Crippen MR) is 87.9 cm³/mol. The quantitative estimate of drug-likeness (QED) is 0.770. The van der Waals surface area contributed by atoms with Crippen molar-refractivity contribution < 1.29 is 0 Å². The zero-order valence-corrected chi connectivity index (χ0v) is 12.5. The first-order valence-corrected chi connectivity index (χ1v) is 7.32. The minimum atomic E-state index is 0.344. The molecule has 2 aromatic carbocycles. The van der Waals surface area contributed by atoms with E-state index in [4.69, 9.17) is 11.6 Å². The molecule has 0 spiro atoms. The Labute approximate surface area is 129 Å². The SMILES string of the molecule is CC(CNc1cc2ccccc2nn1)c1cccc(Cl)c1. The van der Waals surface area contributed by atoms with Crippen LogP contribution >= 0.6 is 11.6 Å². The minimum Gasteiger partial charge on any atom is -0.368 e. The Hall–Kier alpha value is -2.13. The van der Waals surface area contributed by atoms with Crippen LogP contribution in [0.3, 0.4) is 0 Å². The first-order valence-electron chi connectivity index (χ1n) is 6.94. The van der Waals surface area contributed by atoms with Crippen molar-refractivity contribution in [2.75, 3.05) is 11.9 Å². The highest BCUT2D eigenvalue weighted by Crippen LogP contribution is 2.20. The van der Waals surface area contributed by atoms with Crippen LogP contribution in [0.4, 0.5) is 5.82 Å². The summed E-state index contributed by atoms with van der Waals surface area (Å²) in [5, 5.41) is 13.6. The van der Waals surface area contributed by atoms with Gasteiger partial charge in [0.25, 0.3) is 0 Å². The lowest BCUT2D eigenvalue weighted by Crippen LogP contribution is -2.11. The van der Waals surface area contributed by atoms with Gasteiger partial charge < -0.3 is 5.32 Å². The third-order valence-electron chi connectivity index (χ3n) is 3.50. The van der Waals surface area contributed by atoms with E-state index in [1.54, 1.807) is 0 Å². The number of hydrogen-bond acceptors (Lipinski definition) is 3. The Kier molecular flexibility index (Phi) is 4.02. The molecule has 1 N–H and O–H groups in total. The summed E-state index contributed by atoms with van der Waals surface area (Å²) in [5.74, 6) is 1.14. The van der Waals surface area contributed by atoms with E-state index in [2.05, 4.69) is 28.5 Å². The van der Waals surface area contributed by atoms with Crippen molar-refractivity contribution >= 4 is 28.3 Å². The second-order valence-electron chi connectivity index (χ2n) is 5.13. The molecule has 0 radical (unpaired) electrons. The number of anilines is 1. The van der Waals surface area contributed by atoms with Gasteiger partial charge in [0.2, 0.25) is 0 Å². The molecular formula is C17H16ClN3. The Bertz CT molecular complexity index is 758. The summed E-state index contributed by atoms with van der Waals surface area (Å²) in [6, 6.07) is 17.9. The van der Waals surface area contributed by atoms with Crippen LogP contribution in [-0.2, 0) is 0 Å². The Morgan fingerprint density at radius 1 is 1.05 bits per heavy atom. The maximum atomic E-state index is 6.03. The summed E-state index contributed by atoms with van der Waals surface area (Å²) in [7, 11) is 0. The van der Waals surface area contributed by atoms with E-state index in [0.29, 0.717) is 5.92 Å². The number of rotatable bonds is 4. The van der Waals surface area contributed by atoms with Gasteiger partial charge in [-0.2, -0.15) is 0 Å². The molecule has 1 aromatic heterocycles. The Morgan fingerprint density at radius 2 is 1.90 bits per heavy atom. The molecule has 106 valence electrons.